The molecule has 0 aliphatic carbocycles. The van der Waals surface area contributed by atoms with Gasteiger partial charge in [0.1, 0.15) is 17.4 Å². The number of carbonyl (C=O) groups excluding carboxylic acids is 1. The Labute approximate surface area is 98.8 Å². The summed E-state index contributed by atoms with van der Waals surface area (Å²) < 4.78 is 0. The van der Waals surface area contributed by atoms with E-state index in [0.29, 0.717) is 12.0 Å². The third-order valence-corrected chi connectivity index (χ3v) is 2.31. The average Bonchev–Trinajstić information content (AvgIpc) is 2.28. The van der Waals surface area contributed by atoms with Crippen molar-refractivity contribution in [1.29, 1.82) is 5.26 Å². The number of hydrogen-bond acceptors (Lipinski definition) is 4. The van der Waals surface area contributed by atoms with Crippen LogP contribution < -0.4 is 0 Å². The zero-order chi connectivity index (χ0) is 12.8. The summed E-state index contributed by atoms with van der Waals surface area (Å²) >= 11 is 0. The van der Waals surface area contributed by atoms with Crippen molar-refractivity contribution in [3.63, 3.8) is 0 Å². The summed E-state index contributed by atoms with van der Waals surface area (Å²) in [6, 6.07) is 5.97. The van der Waals surface area contributed by atoms with Crippen molar-refractivity contribution in [3.8, 4) is 6.07 Å². The Morgan fingerprint density at radius 2 is 2.24 bits per heavy atom. The monoisotopic (exact) mass is 232 g/mol. The van der Waals surface area contributed by atoms with Crippen LogP contribution in [0.5, 0.6) is 0 Å². The molecule has 17 heavy (non-hydrogen) atoms. The summed E-state index contributed by atoms with van der Waals surface area (Å²) in [4.78, 5) is 21.4. The van der Waals surface area contributed by atoms with Gasteiger partial charge in [0, 0.05) is 18.9 Å². The molecule has 0 aliphatic rings. The lowest BCUT2D eigenvalue weighted by atomic mass is 10.0. The highest BCUT2D eigenvalue weighted by Gasteiger charge is 2.14. The summed E-state index contributed by atoms with van der Waals surface area (Å²) in [6.07, 6.45) is 1.48. The first-order valence-electron chi connectivity index (χ1n) is 5.27. The predicted molar refractivity (Wildman–Crippen MR) is 61.4 cm³/mol. The molecule has 0 aliphatic heterocycles. The molecule has 88 valence electrons. The Morgan fingerprint density at radius 3 is 2.76 bits per heavy atom. The quantitative estimate of drug-likeness (QED) is 0.576. The fraction of sp³-hybridized carbons (Fsp3) is 0.333. The van der Waals surface area contributed by atoms with Gasteiger partial charge in [0.05, 0.1) is 4.92 Å². The number of nitriles is 1. The second kappa shape index (κ2) is 5.75. The summed E-state index contributed by atoms with van der Waals surface area (Å²) in [6.45, 7) is 1.91. The lowest BCUT2D eigenvalue weighted by molar-refractivity contribution is -0.385. The second-order valence-corrected chi connectivity index (χ2v) is 3.69. The highest BCUT2D eigenvalue weighted by Crippen LogP contribution is 2.19. The predicted octanol–water partition coefficient (Wildman–Crippen LogP) is 2.38. The van der Waals surface area contributed by atoms with Crippen LogP contribution in [0.1, 0.15) is 30.9 Å². The van der Waals surface area contributed by atoms with Crippen molar-refractivity contribution in [2.45, 2.75) is 26.2 Å². The van der Waals surface area contributed by atoms with Crippen LogP contribution in [0.25, 0.3) is 0 Å². The van der Waals surface area contributed by atoms with Crippen molar-refractivity contribution in [3.05, 3.63) is 39.4 Å². The number of hydrogen-bond donors (Lipinski definition) is 0. The molecule has 5 heteroatoms. The van der Waals surface area contributed by atoms with Gasteiger partial charge in [-0.3, -0.25) is 14.9 Å². The number of nitro groups is 1. The largest absolute Gasteiger partial charge is 0.299 e. The molecule has 5 nitrogen and oxygen atoms in total. The molecule has 0 bridgehead atoms. The van der Waals surface area contributed by atoms with E-state index >= 15 is 0 Å². The first-order chi connectivity index (χ1) is 8.08. The molecular weight excluding hydrogens is 220 g/mol. The van der Waals surface area contributed by atoms with Gasteiger partial charge in [-0.25, -0.2) is 0 Å². The highest BCUT2D eigenvalue weighted by atomic mass is 16.6. The SMILES string of the molecule is CCCC(=O)Cc1ccc([N+](=O)[O-])c(C#N)c1. The van der Waals surface area contributed by atoms with Gasteiger partial charge in [-0.2, -0.15) is 5.26 Å². The van der Waals surface area contributed by atoms with E-state index < -0.39 is 4.92 Å². The maximum atomic E-state index is 11.4. The summed E-state index contributed by atoms with van der Waals surface area (Å²) in [5, 5.41) is 19.4. The van der Waals surface area contributed by atoms with Gasteiger partial charge in [0.15, 0.2) is 0 Å². The summed E-state index contributed by atoms with van der Waals surface area (Å²) in [5.41, 5.74) is 0.418. The van der Waals surface area contributed by atoms with Crippen LogP contribution in [0.15, 0.2) is 18.2 Å². The van der Waals surface area contributed by atoms with Crippen LogP contribution in [0.2, 0.25) is 0 Å². The first kappa shape index (κ1) is 12.8. The van der Waals surface area contributed by atoms with E-state index in [0.717, 1.165) is 6.42 Å². The van der Waals surface area contributed by atoms with E-state index in [1.807, 2.05) is 6.92 Å². The Balaban J connectivity index is 2.95. The topological polar surface area (TPSA) is 84.0 Å². The normalized spacial score (nSPS) is 9.65. The molecule has 0 saturated carbocycles. The van der Waals surface area contributed by atoms with Crippen LogP contribution in [-0.4, -0.2) is 10.7 Å². The van der Waals surface area contributed by atoms with Gasteiger partial charge >= 0.3 is 0 Å². The highest BCUT2D eigenvalue weighted by molar-refractivity contribution is 5.81. The van der Waals surface area contributed by atoms with E-state index in [1.165, 1.54) is 18.2 Å². The fourth-order valence-corrected chi connectivity index (χ4v) is 1.54. The molecule has 1 aromatic rings. The van der Waals surface area contributed by atoms with Gasteiger partial charge in [-0.1, -0.05) is 13.0 Å². The van der Waals surface area contributed by atoms with E-state index in [4.69, 9.17) is 5.26 Å². The van der Waals surface area contributed by atoms with Crippen molar-refractivity contribution in [2.24, 2.45) is 0 Å². The molecule has 0 spiro atoms. The number of rotatable bonds is 5. The van der Waals surface area contributed by atoms with E-state index in [9.17, 15) is 14.9 Å². The number of benzene rings is 1. The second-order valence-electron chi connectivity index (χ2n) is 3.69. The molecule has 0 atom stereocenters. The molecule has 0 heterocycles. The smallest absolute Gasteiger partial charge is 0.287 e. The molecular formula is C12H12N2O3. The van der Waals surface area contributed by atoms with Gasteiger partial charge in [-0.05, 0) is 18.1 Å². The van der Waals surface area contributed by atoms with Crippen LogP contribution in [0.4, 0.5) is 5.69 Å². The summed E-state index contributed by atoms with van der Waals surface area (Å²) in [7, 11) is 0. The Hall–Kier alpha value is -2.22. The first-order valence-corrected chi connectivity index (χ1v) is 5.27. The van der Waals surface area contributed by atoms with Crippen LogP contribution in [-0.2, 0) is 11.2 Å². The minimum atomic E-state index is -0.601. The molecule has 0 saturated heterocycles. The molecule has 0 radical (unpaired) electrons. The van der Waals surface area contributed by atoms with E-state index in [1.54, 1.807) is 6.07 Å². The van der Waals surface area contributed by atoms with Crippen LogP contribution in [0, 0.1) is 21.4 Å². The van der Waals surface area contributed by atoms with Crippen molar-refractivity contribution < 1.29 is 9.72 Å². The molecule has 0 unspecified atom stereocenters. The maximum Gasteiger partial charge on any atom is 0.287 e. The van der Waals surface area contributed by atoms with Gasteiger partial charge < -0.3 is 0 Å². The Morgan fingerprint density at radius 1 is 1.53 bits per heavy atom. The zero-order valence-corrected chi connectivity index (χ0v) is 9.47. The van der Waals surface area contributed by atoms with Crippen LogP contribution >= 0.6 is 0 Å². The number of nitro benzene ring substituents is 1. The van der Waals surface area contributed by atoms with Crippen molar-refractivity contribution in [2.75, 3.05) is 0 Å². The van der Waals surface area contributed by atoms with Crippen LogP contribution in [0.3, 0.4) is 0 Å². The molecule has 1 aromatic carbocycles. The number of carbonyl (C=O) groups is 1. The van der Waals surface area contributed by atoms with Gasteiger partial charge in [0.25, 0.3) is 5.69 Å². The van der Waals surface area contributed by atoms with E-state index in [2.05, 4.69) is 0 Å². The van der Waals surface area contributed by atoms with Crippen molar-refractivity contribution in [1.82, 2.24) is 0 Å². The standard InChI is InChI=1S/C12H12N2O3/c1-2-3-11(15)7-9-4-5-12(14(16)17)10(6-9)8-13/h4-6H,2-3,7H2,1H3. The molecule has 1 rings (SSSR count). The molecule has 0 N–H and O–H groups in total. The van der Waals surface area contributed by atoms with Gasteiger partial charge in [-0.15, -0.1) is 0 Å². The lowest BCUT2D eigenvalue weighted by Crippen LogP contribution is -2.02. The molecule has 0 aromatic heterocycles. The number of Topliss-reactive ketones (excluding diaryl/α,β-unsaturated/α-hetero) is 1. The lowest BCUT2D eigenvalue weighted by Gasteiger charge is -2.01. The molecule has 0 fully saturated rings. The third-order valence-electron chi connectivity index (χ3n) is 2.31. The number of nitrogens with zero attached hydrogens (tertiary/aromatic N) is 2. The maximum absolute atomic E-state index is 11.4. The zero-order valence-electron chi connectivity index (χ0n) is 9.47. The minimum Gasteiger partial charge on any atom is -0.299 e. The van der Waals surface area contributed by atoms with E-state index in [-0.39, 0.29) is 23.5 Å². The summed E-state index contributed by atoms with van der Waals surface area (Å²) in [5.74, 6) is 0.0743. The Kier molecular flexibility index (Phi) is 4.35. The Bertz CT molecular complexity index is 489. The fourth-order valence-electron chi connectivity index (χ4n) is 1.54. The average molecular weight is 232 g/mol. The number of ketones is 1. The molecule has 0 amide bonds. The minimum absolute atomic E-state index is 0.00296. The van der Waals surface area contributed by atoms with Gasteiger partial charge in [0.2, 0.25) is 0 Å². The third kappa shape index (κ3) is 3.38. The van der Waals surface area contributed by atoms with Crippen molar-refractivity contribution >= 4 is 11.5 Å².